The predicted octanol–water partition coefficient (Wildman–Crippen LogP) is 3.75. The van der Waals surface area contributed by atoms with Crippen molar-refractivity contribution >= 4 is 5.91 Å². The molecule has 1 N–H and O–H groups in total. The average Bonchev–Trinajstić information content (AvgIpc) is 2.67. The zero-order valence-corrected chi connectivity index (χ0v) is 16.7. The van der Waals surface area contributed by atoms with Crippen molar-refractivity contribution in [3.63, 3.8) is 0 Å². The summed E-state index contributed by atoms with van der Waals surface area (Å²) in [5.41, 5.74) is 1.91. The molecule has 2 unspecified atom stereocenters. The third kappa shape index (κ3) is 4.55. The van der Waals surface area contributed by atoms with Crippen LogP contribution >= 0.6 is 0 Å². The summed E-state index contributed by atoms with van der Waals surface area (Å²) in [5.74, 6) is 0.723. The standard InChI is InChI=1S/C23H34N2O2/c1-18(20-14-23(15-20)10-6-3-7-11-23)24-22(26)21-17-25(12-13-27-21)16-19-8-4-2-5-9-19/h2,4-5,8-9,18,20-21H,3,6-7,10-17H2,1H3,(H,24,26). The Morgan fingerprint density at radius 3 is 2.70 bits per heavy atom. The zero-order valence-electron chi connectivity index (χ0n) is 16.7. The first-order chi connectivity index (χ1) is 13.1. The summed E-state index contributed by atoms with van der Waals surface area (Å²) < 4.78 is 5.80. The van der Waals surface area contributed by atoms with Crippen LogP contribution in [0.3, 0.4) is 0 Å². The fraction of sp³-hybridized carbons (Fsp3) is 0.696. The summed E-state index contributed by atoms with van der Waals surface area (Å²) in [6, 6.07) is 10.7. The summed E-state index contributed by atoms with van der Waals surface area (Å²) in [6.45, 7) is 5.27. The molecule has 27 heavy (non-hydrogen) atoms. The van der Waals surface area contributed by atoms with E-state index in [1.807, 2.05) is 6.07 Å². The highest BCUT2D eigenvalue weighted by Crippen LogP contribution is 2.55. The smallest absolute Gasteiger partial charge is 0.250 e. The van der Waals surface area contributed by atoms with Gasteiger partial charge in [0.1, 0.15) is 6.10 Å². The molecule has 2 saturated carbocycles. The van der Waals surface area contributed by atoms with E-state index in [4.69, 9.17) is 4.74 Å². The van der Waals surface area contributed by atoms with Crippen molar-refractivity contribution in [2.75, 3.05) is 19.7 Å². The van der Waals surface area contributed by atoms with E-state index in [2.05, 4.69) is 41.4 Å². The Morgan fingerprint density at radius 2 is 1.96 bits per heavy atom. The van der Waals surface area contributed by atoms with Gasteiger partial charge in [-0.2, -0.15) is 0 Å². The van der Waals surface area contributed by atoms with Crippen molar-refractivity contribution in [2.24, 2.45) is 11.3 Å². The van der Waals surface area contributed by atoms with E-state index in [9.17, 15) is 4.79 Å². The van der Waals surface area contributed by atoms with Gasteiger partial charge in [-0.05, 0) is 49.5 Å². The fourth-order valence-corrected chi connectivity index (χ4v) is 5.40. The number of ether oxygens (including phenoxy) is 1. The van der Waals surface area contributed by atoms with E-state index in [1.54, 1.807) is 0 Å². The molecule has 2 atom stereocenters. The van der Waals surface area contributed by atoms with Gasteiger partial charge in [-0.25, -0.2) is 0 Å². The number of rotatable bonds is 5. The maximum atomic E-state index is 12.8. The molecule has 3 aliphatic rings. The topological polar surface area (TPSA) is 41.6 Å². The molecule has 0 radical (unpaired) electrons. The molecule has 1 aromatic rings. The predicted molar refractivity (Wildman–Crippen MR) is 107 cm³/mol. The van der Waals surface area contributed by atoms with E-state index in [-0.39, 0.29) is 18.1 Å². The second-order valence-corrected chi connectivity index (χ2v) is 9.11. The van der Waals surface area contributed by atoms with Crippen molar-refractivity contribution < 1.29 is 9.53 Å². The monoisotopic (exact) mass is 370 g/mol. The molecule has 1 aromatic carbocycles. The van der Waals surface area contributed by atoms with Crippen LogP contribution in [0.5, 0.6) is 0 Å². The average molecular weight is 371 g/mol. The Morgan fingerprint density at radius 1 is 1.22 bits per heavy atom. The number of carbonyl (C=O) groups is 1. The first-order valence-corrected chi connectivity index (χ1v) is 10.8. The second kappa shape index (κ2) is 8.32. The molecule has 1 spiro atoms. The molecule has 3 fully saturated rings. The lowest BCUT2D eigenvalue weighted by atomic mass is 9.54. The summed E-state index contributed by atoms with van der Waals surface area (Å²) in [6.07, 6.45) is 9.31. The highest BCUT2D eigenvalue weighted by Gasteiger charge is 2.46. The molecule has 0 bridgehead atoms. The van der Waals surface area contributed by atoms with Gasteiger partial charge in [0.05, 0.1) is 6.61 Å². The molecule has 0 aromatic heterocycles. The van der Waals surface area contributed by atoms with Crippen LogP contribution in [-0.2, 0) is 16.1 Å². The second-order valence-electron chi connectivity index (χ2n) is 9.11. The van der Waals surface area contributed by atoms with Gasteiger partial charge in [-0.15, -0.1) is 0 Å². The summed E-state index contributed by atoms with van der Waals surface area (Å²) in [7, 11) is 0. The Labute approximate surface area is 163 Å². The van der Waals surface area contributed by atoms with Crippen LogP contribution in [0.25, 0.3) is 0 Å². The van der Waals surface area contributed by atoms with Crippen LogP contribution < -0.4 is 5.32 Å². The number of nitrogens with one attached hydrogen (secondary N) is 1. The summed E-state index contributed by atoms with van der Waals surface area (Å²) in [4.78, 5) is 15.1. The maximum Gasteiger partial charge on any atom is 0.250 e. The molecule has 1 heterocycles. The van der Waals surface area contributed by atoms with E-state index < -0.39 is 0 Å². The van der Waals surface area contributed by atoms with Crippen LogP contribution in [0, 0.1) is 11.3 Å². The molecular formula is C23H34N2O2. The van der Waals surface area contributed by atoms with Gasteiger partial charge >= 0.3 is 0 Å². The van der Waals surface area contributed by atoms with Crippen molar-refractivity contribution in [3.8, 4) is 0 Å². The SMILES string of the molecule is CC(NC(=O)C1CN(Cc2ccccc2)CCO1)C1CC2(CCCCC2)C1. The van der Waals surface area contributed by atoms with Gasteiger partial charge < -0.3 is 10.1 Å². The molecule has 1 aliphatic heterocycles. The number of carbonyl (C=O) groups excluding carboxylic acids is 1. The van der Waals surface area contributed by atoms with Gasteiger partial charge in [-0.1, -0.05) is 49.6 Å². The largest absolute Gasteiger partial charge is 0.366 e. The van der Waals surface area contributed by atoms with Crippen molar-refractivity contribution in [2.45, 2.75) is 70.6 Å². The van der Waals surface area contributed by atoms with Gasteiger partial charge in [0, 0.05) is 25.7 Å². The van der Waals surface area contributed by atoms with Gasteiger partial charge in [0.25, 0.3) is 5.91 Å². The minimum absolute atomic E-state index is 0.0739. The van der Waals surface area contributed by atoms with E-state index in [0.717, 1.165) is 13.1 Å². The molecule has 4 nitrogen and oxygen atoms in total. The Balaban J connectivity index is 1.24. The maximum absolute atomic E-state index is 12.8. The molecule has 2 aliphatic carbocycles. The summed E-state index contributed by atoms with van der Waals surface area (Å²) >= 11 is 0. The Bertz CT molecular complexity index is 619. The van der Waals surface area contributed by atoms with Gasteiger partial charge in [-0.3, -0.25) is 9.69 Å². The molecule has 1 saturated heterocycles. The Hall–Kier alpha value is -1.39. The molecular weight excluding hydrogens is 336 g/mol. The highest BCUT2D eigenvalue weighted by atomic mass is 16.5. The third-order valence-corrected chi connectivity index (χ3v) is 7.07. The van der Waals surface area contributed by atoms with Crippen molar-refractivity contribution in [3.05, 3.63) is 35.9 Å². The lowest BCUT2D eigenvalue weighted by Crippen LogP contribution is -2.54. The quantitative estimate of drug-likeness (QED) is 0.858. The van der Waals surface area contributed by atoms with Crippen LogP contribution in [0.2, 0.25) is 0 Å². The lowest BCUT2D eigenvalue weighted by molar-refractivity contribution is -0.140. The highest BCUT2D eigenvalue weighted by molar-refractivity contribution is 5.81. The number of morpholine rings is 1. The minimum atomic E-state index is -0.339. The number of benzene rings is 1. The van der Waals surface area contributed by atoms with Crippen molar-refractivity contribution in [1.82, 2.24) is 10.2 Å². The van der Waals surface area contributed by atoms with Crippen LogP contribution in [0.1, 0.15) is 57.4 Å². The van der Waals surface area contributed by atoms with Crippen LogP contribution in [0.15, 0.2) is 30.3 Å². The number of hydrogen-bond acceptors (Lipinski definition) is 3. The van der Waals surface area contributed by atoms with E-state index >= 15 is 0 Å². The minimum Gasteiger partial charge on any atom is -0.366 e. The van der Waals surface area contributed by atoms with Crippen molar-refractivity contribution in [1.29, 1.82) is 0 Å². The van der Waals surface area contributed by atoms with Gasteiger partial charge in [0.15, 0.2) is 0 Å². The number of hydrogen-bond donors (Lipinski definition) is 1. The van der Waals surface area contributed by atoms with Gasteiger partial charge in [0.2, 0.25) is 0 Å². The molecule has 4 rings (SSSR count). The molecule has 148 valence electrons. The van der Waals surface area contributed by atoms with E-state index in [1.165, 1.54) is 50.5 Å². The van der Waals surface area contributed by atoms with E-state index in [0.29, 0.717) is 24.5 Å². The molecule has 4 heteroatoms. The Kier molecular flexibility index (Phi) is 5.84. The van der Waals surface area contributed by atoms with Crippen LogP contribution in [0.4, 0.5) is 0 Å². The normalized spacial score (nSPS) is 27.1. The first kappa shape index (κ1) is 18.9. The summed E-state index contributed by atoms with van der Waals surface area (Å²) in [5, 5.41) is 3.27. The third-order valence-electron chi connectivity index (χ3n) is 7.07. The number of amides is 1. The molecule has 1 amide bonds. The number of nitrogens with zero attached hydrogens (tertiary/aromatic N) is 1. The zero-order chi connectivity index (χ0) is 18.7. The lowest BCUT2D eigenvalue weighted by Gasteiger charge is -2.52. The fourth-order valence-electron chi connectivity index (χ4n) is 5.40. The first-order valence-electron chi connectivity index (χ1n) is 10.8. The van der Waals surface area contributed by atoms with Crippen LogP contribution in [-0.4, -0.2) is 42.6 Å².